The predicted molar refractivity (Wildman–Crippen MR) is 97.0 cm³/mol. The molecule has 0 radical (unpaired) electrons. The molecule has 1 fully saturated rings. The maximum atomic E-state index is 13.1. The lowest BCUT2D eigenvalue weighted by Gasteiger charge is -2.19. The molecule has 0 aliphatic carbocycles. The van der Waals surface area contributed by atoms with Crippen LogP contribution < -0.4 is 5.32 Å². The van der Waals surface area contributed by atoms with E-state index in [0.717, 1.165) is 5.56 Å². The Balaban J connectivity index is 1.50. The van der Waals surface area contributed by atoms with E-state index in [0.29, 0.717) is 18.7 Å². The fourth-order valence-electron chi connectivity index (χ4n) is 2.81. The van der Waals surface area contributed by atoms with Gasteiger partial charge in [-0.1, -0.05) is 29.8 Å². The van der Waals surface area contributed by atoms with E-state index in [9.17, 15) is 18.4 Å². The molecule has 0 spiro atoms. The first-order valence-corrected chi connectivity index (χ1v) is 8.79. The van der Waals surface area contributed by atoms with Crippen molar-refractivity contribution in [1.82, 2.24) is 15.1 Å². The molecule has 1 heterocycles. The minimum absolute atomic E-state index is 0.0618. The molecule has 2 aromatic carbocycles. The minimum Gasteiger partial charge on any atom is -0.350 e. The molecule has 0 unspecified atom stereocenters. The summed E-state index contributed by atoms with van der Waals surface area (Å²) in [5.41, 5.74) is 1.42. The van der Waals surface area contributed by atoms with E-state index in [2.05, 4.69) is 5.32 Å². The second-order valence-corrected chi connectivity index (χ2v) is 6.67. The quantitative estimate of drug-likeness (QED) is 0.819. The molecular weight excluding hydrogens is 376 g/mol. The smallest absolute Gasteiger partial charge is 0.320 e. The van der Waals surface area contributed by atoms with Crippen molar-refractivity contribution in [2.75, 3.05) is 19.6 Å². The highest BCUT2D eigenvalue weighted by Gasteiger charge is 2.30. The molecule has 3 rings (SSSR count). The van der Waals surface area contributed by atoms with Gasteiger partial charge in [0.1, 0.15) is 18.2 Å². The number of carbonyl (C=O) groups excluding carboxylic acids is 2. The van der Waals surface area contributed by atoms with Crippen molar-refractivity contribution in [2.24, 2.45) is 0 Å². The first kappa shape index (κ1) is 19.1. The summed E-state index contributed by atoms with van der Waals surface area (Å²) >= 11 is 6.01. The summed E-state index contributed by atoms with van der Waals surface area (Å²) in [6.07, 6.45) is 0. The van der Waals surface area contributed by atoms with Crippen LogP contribution in [0.3, 0.4) is 0 Å². The van der Waals surface area contributed by atoms with Crippen molar-refractivity contribution >= 4 is 23.5 Å². The number of carbonyl (C=O) groups is 2. The lowest BCUT2D eigenvalue weighted by molar-refractivity contribution is -0.121. The zero-order valence-corrected chi connectivity index (χ0v) is 15.2. The lowest BCUT2D eigenvalue weighted by Crippen LogP contribution is -2.39. The third kappa shape index (κ3) is 4.95. The van der Waals surface area contributed by atoms with Gasteiger partial charge in [0.2, 0.25) is 5.91 Å². The third-order valence-corrected chi connectivity index (χ3v) is 4.65. The van der Waals surface area contributed by atoms with Crippen LogP contribution in [-0.4, -0.2) is 41.4 Å². The molecule has 8 heteroatoms. The zero-order chi connectivity index (χ0) is 19.4. The highest BCUT2D eigenvalue weighted by Crippen LogP contribution is 2.21. The molecule has 5 nitrogen and oxygen atoms in total. The maximum Gasteiger partial charge on any atom is 0.320 e. The highest BCUT2D eigenvalue weighted by atomic mass is 35.5. The molecule has 2 aromatic rings. The standard InChI is InChI=1S/C19H18ClF2N3O2/c20-17-9-16(22)6-3-14(17)11-24-7-8-25(19(24)27)12-18(26)23-10-13-1-4-15(21)5-2-13/h1-6,9H,7-8,10-12H2,(H,23,26). The number of amides is 3. The fraction of sp³-hybridized carbons (Fsp3) is 0.263. The molecular formula is C19H18ClF2N3O2. The maximum absolute atomic E-state index is 13.1. The van der Waals surface area contributed by atoms with Crippen LogP contribution in [0.5, 0.6) is 0 Å². The van der Waals surface area contributed by atoms with E-state index in [1.165, 1.54) is 29.2 Å². The van der Waals surface area contributed by atoms with E-state index < -0.39 is 5.82 Å². The van der Waals surface area contributed by atoms with Gasteiger partial charge >= 0.3 is 6.03 Å². The molecule has 0 atom stereocenters. The average Bonchev–Trinajstić information content (AvgIpc) is 2.97. The van der Waals surface area contributed by atoms with Gasteiger partial charge in [0.05, 0.1) is 0 Å². The van der Waals surface area contributed by atoms with Crippen LogP contribution in [-0.2, 0) is 17.9 Å². The van der Waals surface area contributed by atoms with Crippen molar-refractivity contribution in [1.29, 1.82) is 0 Å². The predicted octanol–water partition coefficient (Wildman–Crippen LogP) is 3.17. The first-order valence-electron chi connectivity index (χ1n) is 8.41. The van der Waals surface area contributed by atoms with Gasteiger partial charge in [-0.15, -0.1) is 0 Å². The molecule has 27 heavy (non-hydrogen) atoms. The summed E-state index contributed by atoms with van der Waals surface area (Å²) in [4.78, 5) is 27.5. The monoisotopic (exact) mass is 393 g/mol. The van der Waals surface area contributed by atoms with Gasteiger partial charge in [0.15, 0.2) is 0 Å². The lowest BCUT2D eigenvalue weighted by atomic mass is 10.2. The largest absolute Gasteiger partial charge is 0.350 e. The molecule has 0 saturated carbocycles. The van der Waals surface area contributed by atoms with E-state index >= 15 is 0 Å². The van der Waals surface area contributed by atoms with Gasteiger partial charge in [0, 0.05) is 31.2 Å². The SMILES string of the molecule is O=C(CN1CCN(Cc2ccc(F)cc2Cl)C1=O)NCc1ccc(F)cc1. The van der Waals surface area contributed by atoms with E-state index in [1.807, 2.05) is 0 Å². The fourth-order valence-corrected chi connectivity index (χ4v) is 3.04. The highest BCUT2D eigenvalue weighted by molar-refractivity contribution is 6.31. The molecule has 0 bridgehead atoms. The van der Waals surface area contributed by atoms with Crippen LogP contribution in [0.1, 0.15) is 11.1 Å². The van der Waals surface area contributed by atoms with Crippen LogP contribution in [0.4, 0.5) is 13.6 Å². The number of hydrogen-bond acceptors (Lipinski definition) is 2. The number of hydrogen-bond donors (Lipinski definition) is 1. The topological polar surface area (TPSA) is 52.7 Å². The molecule has 142 valence electrons. The average molecular weight is 394 g/mol. The Labute approximate surface area is 160 Å². The molecule has 1 aliphatic rings. The van der Waals surface area contributed by atoms with Gasteiger partial charge in [0.25, 0.3) is 0 Å². The van der Waals surface area contributed by atoms with E-state index in [1.54, 1.807) is 23.1 Å². The molecule has 3 amide bonds. The Kier molecular flexibility index (Phi) is 5.91. The minimum atomic E-state index is -0.434. The number of nitrogens with one attached hydrogen (secondary N) is 1. The summed E-state index contributed by atoms with van der Waals surface area (Å²) in [6, 6.07) is 9.60. The van der Waals surface area contributed by atoms with E-state index in [-0.39, 0.29) is 42.4 Å². The summed E-state index contributed by atoms with van der Waals surface area (Å²) in [5.74, 6) is -1.07. The second kappa shape index (κ2) is 8.35. The van der Waals surface area contributed by atoms with Crippen molar-refractivity contribution in [3.8, 4) is 0 Å². The normalized spacial score (nSPS) is 14.0. The van der Waals surface area contributed by atoms with Crippen molar-refractivity contribution in [3.05, 3.63) is 70.2 Å². The Bertz CT molecular complexity index is 845. The third-order valence-electron chi connectivity index (χ3n) is 4.29. The number of benzene rings is 2. The first-order chi connectivity index (χ1) is 12.9. The van der Waals surface area contributed by atoms with Crippen LogP contribution in [0.15, 0.2) is 42.5 Å². The Morgan fingerprint density at radius 1 is 1.04 bits per heavy atom. The Hall–Kier alpha value is -2.67. The number of urea groups is 1. The Morgan fingerprint density at radius 2 is 1.70 bits per heavy atom. The van der Waals surface area contributed by atoms with Gasteiger partial charge in [-0.25, -0.2) is 13.6 Å². The van der Waals surface area contributed by atoms with Crippen LogP contribution >= 0.6 is 11.6 Å². The van der Waals surface area contributed by atoms with Gasteiger partial charge in [-0.2, -0.15) is 0 Å². The van der Waals surface area contributed by atoms with Crippen molar-refractivity contribution in [2.45, 2.75) is 13.1 Å². The summed E-state index contributed by atoms with van der Waals surface area (Å²) in [7, 11) is 0. The molecule has 1 N–H and O–H groups in total. The van der Waals surface area contributed by atoms with Gasteiger partial charge in [-0.3, -0.25) is 4.79 Å². The number of halogens is 3. The second-order valence-electron chi connectivity index (χ2n) is 6.26. The summed E-state index contributed by atoms with van der Waals surface area (Å²) < 4.78 is 26.0. The van der Waals surface area contributed by atoms with Crippen LogP contribution in [0, 0.1) is 11.6 Å². The molecule has 0 aromatic heterocycles. The summed E-state index contributed by atoms with van der Waals surface area (Å²) in [5, 5.41) is 2.97. The van der Waals surface area contributed by atoms with Gasteiger partial charge in [-0.05, 0) is 35.4 Å². The Morgan fingerprint density at radius 3 is 2.41 bits per heavy atom. The van der Waals surface area contributed by atoms with Crippen molar-refractivity contribution < 1.29 is 18.4 Å². The number of nitrogens with zero attached hydrogens (tertiary/aromatic N) is 2. The molecule has 1 saturated heterocycles. The van der Waals surface area contributed by atoms with Crippen LogP contribution in [0.2, 0.25) is 5.02 Å². The van der Waals surface area contributed by atoms with Gasteiger partial charge < -0.3 is 15.1 Å². The number of rotatable bonds is 6. The van der Waals surface area contributed by atoms with Crippen molar-refractivity contribution in [3.63, 3.8) is 0 Å². The molecule has 1 aliphatic heterocycles. The zero-order valence-electron chi connectivity index (χ0n) is 14.4. The van der Waals surface area contributed by atoms with Crippen LogP contribution in [0.25, 0.3) is 0 Å². The van der Waals surface area contributed by atoms with E-state index in [4.69, 9.17) is 11.6 Å². The summed E-state index contributed by atoms with van der Waals surface area (Å²) in [6.45, 7) is 1.33.